The molecule has 0 spiro atoms. The summed E-state index contributed by atoms with van der Waals surface area (Å²) in [4.78, 5) is 56.6. The van der Waals surface area contributed by atoms with Crippen molar-refractivity contribution in [3.05, 3.63) is 38.7 Å². The van der Waals surface area contributed by atoms with Crippen molar-refractivity contribution in [1.82, 2.24) is 24.8 Å². The van der Waals surface area contributed by atoms with Crippen molar-refractivity contribution in [3.63, 3.8) is 0 Å². The topological polar surface area (TPSA) is 143 Å². The molecule has 30 heavy (non-hydrogen) atoms. The van der Waals surface area contributed by atoms with Gasteiger partial charge in [0.1, 0.15) is 5.65 Å². The molecule has 1 aliphatic rings. The van der Waals surface area contributed by atoms with E-state index in [1.165, 1.54) is 16.8 Å². The summed E-state index contributed by atoms with van der Waals surface area (Å²) < 4.78 is 1.40. The number of aromatic amines is 1. The third-order valence-electron chi connectivity index (χ3n) is 5.39. The number of fused-ring (bicyclic) bond motifs is 1. The molecule has 1 unspecified atom stereocenters. The molecule has 3 heterocycles. The van der Waals surface area contributed by atoms with Gasteiger partial charge in [-0.25, -0.2) is 9.78 Å². The van der Waals surface area contributed by atoms with Crippen molar-refractivity contribution in [2.75, 3.05) is 26.2 Å². The lowest BCUT2D eigenvalue weighted by molar-refractivity contribution is -0.123. The Hall–Kier alpha value is -3.01. The first-order chi connectivity index (χ1) is 14.4. The Balaban J connectivity index is 1.60. The third kappa shape index (κ3) is 4.93. The minimum atomic E-state index is -0.557. The van der Waals surface area contributed by atoms with Gasteiger partial charge in [0.25, 0.3) is 11.5 Å². The van der Waals surface area contributed by atoms with Crippen molar-refractivity contribution in [3.8, 4) is 0 Å². The van der Waals surface area contributed by atoms with Crippen LogP contribution < -0.4 is 22.3 Å². The normalized spacial score (nSPS) is 17.2. The van der Waals surface area contributed by atoms with Gasteiger partial charge in [-0.15, -0.1) is 0 Å². The molecule has 162 valence electrons. The quantitative estimate of drug-likeness (QED) is 0.509. The van der Waals surface area contributed by atoms with Crippen LogP contribution in [0.4, 0.5) is 0 Å². The molecular formula is C20H28N6O4. The summed E-state index contributed by atoms with van der Waals surface area (Å²) >= 11 is 0. The second-order valence-corrected chi connectivity index (χ2v) is 7.66. The van der Waals surface area contributed by atoms with Crippen molar-refractivity contribution in [1.29, 1.82) is 0 Å². The van der Waals surface area contributed by atoms with E-state index in [9.17, 15) is 19.2 Å². The van der Waals surface area contributed by atoms with E-state index in [1.54, 1.807) is 0 Å². The van der Waals surface area contributed by atoms with Crippen LogP contribution in [0.2, 0.25) is 0 Å². The summed E-state index contributed by atoms with van der Waals surface area (Å²) in [5.74, 6) is -0.679. The summed E-state index contributed by atoms with van der Waals surface area (Å²) in [6, 6.07) is 1.46. The van der Waals surface area contributed by atoms with Crippen LogP contribution in [0.3, 0.4) is 0 Å². The average molecular weight is 416 g/mol. The first kappa shape index (κ1) is 21.7. The number of hydrogen-bond donors (Lipinski definition) is 3. The fraction of sp³-hybridized carbons (Fsp3) is 0.550. The Morgan fingerprint density at radius 1 is 1.33 bits per heavy atom. The lowest BCUT2D eigenvalue weighted by Gasteiger charge is -2.31. The molecule has 2 amide bonds. The maximum Gasteiger partial charge on any atom is 0.329 e. The zero-order valence-electron chi connectivity index (χ0n) is 17.1. The van der Waals surface area contributed by atoms with Gasteiger partial charge < -0.3 is 16.0 Å². The number of carbonyl (C=O) groups excluding carboxylic acids is 2. The van der Waals surface area contributed by atoms with Gasteiger partial charge in [-0.05, 0) is 44.8 Å². The molecule has 4 N–H and O–H groups in total. The van der Waals surface area contributed by atoms with E-state index < -0.39 is 11.2 Å². The standard InChI is InChI=1S/C20H28N6O4/c1-2-7-26-17-15(19(29)24-20(26)30)10-14(11-23-17)18(28)22-6-4-9-25-8-3-5-13(12-25)16(21)27/h10-11,13H,2-9,12H2,1H3,(H2,21,27)(H,22,28)(H,24,29,30). The van der Waals surface area contributed by atoms with E-state index in [1.807, 2.05) is 6.92 Å². The Kier molecular flexibility index (Phi) is 6.99. The maximum atomic E-state index is 12.5. The number of piperidine rings is 1. The highest BCUT2D eigenvalue weighted by molar-refractivity contribution is 5.96. The number of nitrogens with two attached hydrogens (primary N) is 1. The highest BCUT2D eigenvalue weighted by atomic mass is 16.2. The first-order valence-corrected chi connectivity index (χ1v) is 10.3. The number of nitrogens with one attached hydrogen (secondary N) is 2. The van der Waals surface area contributed by atoms with Gasteiger partial charge in [0.2, 0.25) is 5.91 Å². The van der Waals surface area contributed by atoms with Crippen LogP contribution in [0.5, 0.6) is 0 Å². The summed E-state index contributed by atoms with van der Waals surface area (Å²) in [5.41, 5.74) is 4.88. The molecule has 1 saturated heterocycles. The smallest absolute Gasteiger partial charge is 0.329 e. The molecule has 0 aliphatic carbocycles. The number of amides is 2. The second kappa shape index (κ2) is 9.66. The number of likely N-dealkylation sites (tertiary alicyclic amines) is 1. The fourth-order valence-electron chi connectivity index (χ4n) is 3.82. The Bertz CT molecular complexity index is 1040. The monoisotopic (exact) mass is 416 g/mol. The number of aryl methyl sites for hydroxylation is 1. The number of hydrogen-bond acceptors (Lipinski definition) is 6. The van der Waals surface area contributed by atoms with Gasteiger partial charge in [-0.1, -0.05) is 6.92 Å². The Morgan fingerprint density at radius 3 is 2.87 bits per heavy atom. The molecule has 10 nitrogen and oxygen atoms in total. The number of H-pyrrole nitrogens is 1. The van der Waals surface area contributed by atoms with Crippen LogP contribution in [0.25, 0.3) is 11.0 Å². The van der Waals surface area contributed by atoms with Crippen molar-refractivity contribution in [2.45, 2.75) is 39.2 Å². The molecule has 0 saturated carbocycles. The van der Waals surface area contributed by atoms with Gasteiger partial charge >= 0.3 is 5.69 Å². The minimum Gasteiger partial charge on any atom is -0.369 e. The van der Waals surface area contributed by atoms with E-state index in [2.05, 4.69) is 20.2 Å². The summed E-state index contributed by atoms with van der Waals surface area (Å²) in [7, 11) is 0. The maximum absolute atomic E-state index is 12.5. The summed E-state index contributed by atoms with van der Waals surface area (Å²) in [6.45, 7) is 5.17. The van der Waals surface area contributed by atoms with Gasteiger partial charge in [0, 0.05) is 25.8 Å². The van der Waals surface area contributed by atoms with Crippen LogP contribution in [0.1, 0.15) is 43.0 Å². The van der Waals surface area contributed by atoms with Crippen LogP contribution >= 0.6 is 0 Å². The number of nitrogens with zero attached hydrogens (tertiary/aromatic N) is 3. The summed E-state index contributed by atoms with van der Waals surface area (Å²) in [6.07, 6.45) is 4.60. The zero-order chi connectivity index (χ0) is 21.7. The van der Waals surface area contributed by atoms with E-state index in [0.29, 0.717) is 26.1 Å². The highest BCUT2D eigenvalue weighted by Crippen LogP contribution is 2.16. The van der Waals surface area contributed by atoms with Crippen LogP contribution in [0.15, 0.2) is 21.9 Å². The number of carbonyl (C=O) groups is 2. The molecular weight excluding hydrogens is 388 g/mol. The Labute approximate surface area is 173 Å². The van der Waals surface area contributed by atoms with Gasteiger partial charge in [-0.3, -0.25) is 23.9 Å². The number of primary amides is 1. The largest absolute Gasteiger partial charge is 0.369 e. The van der Waals surface area contributed by atoms with Crippen LogP contribution in [0, 0.1) is 5.92 Å². The predicted octanol–water partition coefficient (Wildman–Crippen LogP) is -0.188. The molecule has 10 heteroatoms. The summed E-state index contributed by atoms with van der Waals surface area (Å²) in [5, 5.41) is 3.04. The lowest BCUT2D eigenvalue weighted by Crippen LogP contribution is -2.42. The van der Waals surface area contributed by atoms with E-state index in [4.69, 9.17) is 5.73 Å². The molecule has 1 fully saturated rings. The fourth-order valence-corrected chi connectivity index (χ4v) is 3.82. The number of aromatic nitrogens is 3. The average Bonchev–Trinajstić information content (AvgIpc) is 2.74. The van der Waals surface area contributed by atoms with Crippen molar-refractivity contribution < 1.29 is 9.59 Å². The minimum absolute atomic E-state index is 0.0970. The third-order valence-corrected chi connectivity index (χ3v) is 5.39. The second-order valence-electron chi connectivity index (χ2n) is 7.66. The van der Waals surface area contributed by atoms with E-state index in [-0.39, 0.29) is 34.3 Å². The van der Waals surface area contributed by atoms with Crippen LogP contribution in [-0.2, 0) is 11.3 Å². The molecule has 0 radical (unpaired) electrons. The molecule has 0 bridgehead atoms. The SMILES string of the molecule is CCCn1c(=O)[nH]c(=O)c2cc(C(=O)NCCCN3CCCC(C(N)=O)C3)cnc21. The molecule has 3 rings (SSSR count). The predicted molar refractivity (Wildman–Crippen MR) is 112 cm³/mol. The zero-order valence-corrected chi connectivity index (χ0v) is 17.1. The van der Waals surface area contributed by atoms with Crippen molar-refractivity contribution >= 4 is 22.8 Å². The molecule has 2 aromatic heterocycles. The highest BCUT2D eigenvalue weighted by Gasteiger charge is 2.23. The molecule has 0 aromatic carbocycles. The van der Waals surface area contributed by atoms with Gasteiger partial charge in [0.05, 0.1) is 16.9 Å². The number of pyridine rings is 1. The van der Waals surface area contributed by atoms with Gasteiger partial charge in [-0.2, -0.15) is 0 Å². The number of rotatable bonds is 8. The molecule has 1 atom stereocenters. The van der Waals surface area contributed by atoms with E-state index in [0.717, 1.165) is 32.4 Å². The van der Waals surface area contributed by atoms with Gasteiger partial charge in [0.15, 0.2) is 0 Å². The first-order valence-electron chi connectivity index (χ1n) is 10.3. The lowest BCUT2D eigenvalue weighted by atomic mass is 9.97. The van der Waals surface area contributed by atoms with E-state index >= 15 is 0 Å². The molecule has 1 aliphatic heterocycles. The van der Waals surface area contributed by atoms with Crippen LogP contribution in [-0.4, -0.2) is 57.4 Å². The Morgan fingerprint density at radius 2 is 2.13 bits per heavy atom. The van der Waals surface area contributed by atoms with Crippen molar-refractivity contribution in [2.24, 2.45) is 11.7 Å². The molecule has 2 aromatic rings.